The average Bonchev–Trinajstić information content (AvgIpc) is 2.19. The highest BCUT2D eigenvalue weighted by Crippen LogP contribution is 2.13. The number of nitrogens with two attached hydrogens (primary N) is 1. The third-order valence-electron chi connectivity index (χ3n) is 2.17. The van der Waals surface area contributed by atoms with Crippen molar-refractivity contribution in [3.05, 3.63) is 25.7 Å². The molecule has 0 aromatic carbocycles. The van der Waals surface area contributed by atoms with Gasteiger partial charge in [-0.2, -0.15) is 0 Å². The number of rotatable bonds is 3. The topological polar surface area (TPSA) is 131 Å². The van der Waals surface area contributed by atoms with Gasteiger partial charge in [-0.3, -0.25) is 13.9 Å². The van der Waals surface area contributed by atoms with Gasteiger partial charge in [-0.25, -0.2) is 4.79 Å². The summed E-state index contributed by atoms with van der Waals surface area (Å²) in [6, 6.07) is 0. The first-order valence-electron chi connectivity index (χ1n) is 4.54. The number of hydrogen-bond donors (Lipinski definition) is 1. The van der Waals surface area contributed by atoms with E-state index in [1.165, 1.54) is 0 Å². The predicted molar refractivity (Wildman–Crippen MR) is 59.8 cm³/mol. The quantitative estimate of drug-likeness (QED) is 0.681. The molecule has 0 saturated heterocycles. The standard InChI is InChI=1S/C8H12N4O3.H2O/c1-3-11-6(9)5(10-15)7(13)12(4-2)8(11)14;/h3-4,9H2,1-2H3;1H2. The van der Waals surface area contributed by atoms with Crippen molar-refractivity contribution in [2.45, 2.75) is 26.9 Å². The summed E-state index contributed by atoms with van der Waals surface area (Å²) in [4.78, 5) is 33.6. The summed E-state index contributed by atoms with van der Waals surface area (Å²) in [7, 11) is 0. The first-order valence-corrected chi connectivity index (χ1v) is 4.54. The van der Waals surface area contributed by atoms with Crippen LogP contribution in [0.25, 0.3) is 0 Å². The Morgan fingerprint density at radius 2 is 1.69 bits per heavy atom. The first-order chi connectivity index (χ1) is 7.08. The molecule has 8 nitrogen and oxygen atoms in total. The van der Waals surface area contributed by atoms with Crippen LogP contribution in [-0.2, 0) is 13.1 Å². The molecule has 90 valence electrons. The van der Waals surface area contributed by atoms with Crippen LogP contribution in [0.3, 0.4) is 0 Å². The molecule has 8 heteroatoms. The molecule has 4 N–H and O–H groups in total. The molecule has 1 rings (SSSR count). The van der Waals surface area contributed by atoms with Crippen molar-refractivity contribution in [2.75, 3.05) is 5.73 Å². The van der Waals surface area contributed by atoms with Crippen molar-refractivity contribution in [1.82, 2.24) is 9.13 Å². The van der Waals surface area contributed by atoms with Gasteiger partial charge in [-0.1, -0.05) is 0 Å². The molecule has 0 fully saturated rings. The zero-order valence-electron chi connectivity index (χ0n) is 9.06. The summed E-state index contributed by atoms with van der Waals surface area (Å²) < 4.78 is 2.07. The van der Waals surface area contributed by atoms with Crippen molar-refractivity contribution in [3.8, 4) is 0 Å². The van der Waals surface area contributed by atoms with Gasteiger partial charge >= 0.3 is 5.69 Å². The van der Waals surface area contributed by atoms with E-state index >= 15 is 0 Å². The lowest BCUT2D eigenvalue weighted by Gasteiger charge is -2.10. The van der Waals surface area contributed by atoms with Crippen LogP contribution in [0.4, 0.5) is 11.5 Å². The number of nitrogens with zero attached hydrogens (tertiary/aromatic N) is 3. The maximum Gasteiger partial charge on any atom is 0.332 e. The zero-order valence-corrected chi connectivity index (χ0v) is 9.06. The highest BCUT2D eigenvalue weighted by Gasteiger charge is 2.15. The van der Waals surface area contributed by atoms with E-state index in [-0.39, 0.29) is 24.4 Å². The van der Waals surface area contributed by atoms with Crippen LogP contribution in [0.5, 0.6) is 0 Å². The van der Waals surface area contributed by atoms with Crippen molar-refractivity contribution >= 4 is 11.5 Å². The number of anilines is 1. The Balaban J connectivity index is 0.00000225. The minimum Gasteiger partial charge on any atom is -0.412 e. The second-order valence-corrected chi connectivity index (χ2v) is 2.90. The maximum absolute atomic E-state index is 11.6. The molecule has 0 saturated carbocycles. The fourth-order valence-corrected chi connectivity index (χ4v) is 1.37. The second-order valence-electron chi connectivity index (χ2n) is 2.90. The van der Waals surface area contributed by atoms with E-state index in [0.717, 1.165) is 9.13 Å². The van der Waals surface area contributed by atoms with E-state index in [4.69, 9.17) is 5.73 Å². The Morgan fingerprint density at radius 3 is 2.06 bits per heavy atom. The maximum atomic E-state index is 11.6. The summed E-state index contributed by atoms with van der Waals surface area (Å²) in [5.74, 6) is -0.174. The summed E-state index contributed by atoms with van der Waals surface area (Å²) >= 11 is 0. The summed E-state index contributed by atoms with van der Waals surface area (Å²) in [5, 5.41) is 2.56. The summed E-state index contributed by atoms with van der Waals surface area (Å²) in [5.41, 5.74) is 3.83. The normalized spacial score (nSPS) is 9.62. The molecule has 0 aliphatic heterocycles. The molecular weight excluding hydrogens is 216 g/mol. The molecule has 16 heavy (non-hydrogen) atoms. The van der Waals surface area contributed by atoms with Crippen LogP contribution in [0.15, 0.2) is 14.8 Å². The van der Waals surface area contributed by atoms with Gasteiger partial charge in [0, 0.05) is 13.1 Å². The van der Waals surface area contributed by atoms with E-state index in [0.29, 0.717) is 0 Å². The van der Waals surface area contributed by atoms with E-state index in [1.54, 1.807) is 13.8 Å². The lowest BCUT2D eigenvalue weighted by Crippen LogP contribution is -2.40. The number of aromatic nitrogens is 2. The van der Waals surface area contributed by atoms with Gasteiger partial charge in [0.15, 0.2) is 0 Å². The Kier molecular flexibility index (Phi) is 4.58. The predicted octanol–water partition coefficient (Wildman–Crippen LogP) is -0.795. The molecule has 0 bridgehead atoms. The smallest absolute Gasteiger partial charge is 0.332 e. The third-order valence-corrected chi connectivity index (χ3v) is 2.17. The first kappa shape index (κ1) is 14.0. The molecule has 0 unspecified atom stereocenters. The molecule has 0 aliphatic carbocycles. The van der Waals surface area contributed by atoms with E-state index in [1.807, 2.05) is 0 Å². The summed E-state index contributed by atoms with van der Waals surface area (Å²) in [6.45, 7) is 3.79. The number of nitroso groups, excluding NO2 is 1. The second kappa shape index (κ2) is 5.21. The van der Waals surface area contributed by atoms with Crippen LogP contribution in [0, 0.1) is 4.91 Å². The van der Waals surface area contributed by atoms with Crippen molar-refractivity contribution in [1.29, 1.82) is 0 Å². The van der Waals surface area contributed by atoms with E-state index < -0.39 is 16.9 Å². The fraction of sp³-hybridized carbons (Fsp3) is 0.500. The fourth-order valence-electron chi connectivity index (χ4n) is 1.37. The summed E-state index contributed by atoms with van der Waals surface area (Å²) in [6.07, 6.45) is 0. The van der Waals surface area contributed by atoms with Crippen LogP contribution >= 0.6 is 0 Å². The van der Waals surface area contributed by atoms with Gasteiger partial charge in [-0.15, -0.1) is 4.91 Å². The van der Waals surface area contributed by atoms with Crippen LogP contribution in [0.2, 0.25) is 0 Å². The minimum absolute atomic E-state index is 0. The van der Waals surface area contributed by atoms with Crippen molar-refractivity contribution in [3.63, 3.8) is 0 Å². The van der Waals surface area contributed by atoms with Crippen LogP contribution in [0.1, 0.15) is 13.8 Å². The molecule has 0 spiro atoms. The number of hydrogen-bond acceptors (Lipinski definition) is 5. The molecule has 0 amide bonds. The van der Waals surface area contributed by atoms with Crippen molar-refractivity contribution in [2.24, 2.45) is 5.18 Å². The monoisotopic (exact) mass is 230 g/mol. The largest absolute Gasteiger partial charge is 0.412 e. The highest BCUT2D eigenvalue weighted by molar-refractivity contribution is 5.55. The lowest BCUT2D eigenvalue weighted by atomic mass is 10.4. The third kappa shape index (κ3) is 1.87. The Hall–Kier alpha value is -1.96. The molecule has 0 radical (unpaired) electrons. The Morgan fingerprint density at radius 1 is 1.19 bits per heavy atom. The molecule has 1 aromatic rings. The van der Waals surface area contributed by atoms with Crippen LogP contribution < -0.4 is 17.0 Å². The van der Waals surface area contributed by atoms with Gasteiger partial charge in [-0.05, 0) is 19.0 Å². The zero-order chi connectivity index (χ0) is 11.6. The number of nitrogen functional groups attached to an aromatic ring is 1. The van der Waals surface area contributed by atoms with E-state index in [2.05, 4.69) is 5.18 Å². The molecule has 1 aromatic heterocycles. The lowest BCUT2D eigenvalue weighted by molar-refractivity contribution is 0.596. The van der Waals surface area contributed by atoms with E-state index in [9.17, 15) is 14.5 Å². The Bertz CT molecular complexity index is 502. The molecule has 0 atom stereocenters. The minimum atomic E-state index is -0.736. The molecular formula is C8H14N4O4. The molecule has 0 aliphatic rings. The Labute approximate surface area is 90.6 Å². The van der Waals surface area contributed by atoms with Gasteiger partial charge in [0.2, 0.25) is 5.69 Å². The SMILES string of the molecule is CCn1c(N)c(N=O)c(=O)n(CC)c1=O.O. The van der Waals surface area contributed by atoms with Crippen molar-refractivity contribution < 1.29 is 5.48 Å². The van der Waals surface area contributed by atoms with Gasteiger partial charge < -0.3 is 11.2 Å². The van der Waals surface area contributed by atoms with Gasteiger partial charge in [0.1, 0.15) is 5.82 Å². The highest BCUT2D eigenvalue weighted by atomic mass is 16.3. The van der Waals surface area contributed by atoms with Gasteiger partial charge in [0.25, 0.3) is 5.56 Å². The van der Waals surface area contributed by atoms with Crippen LogP contribution in [-0.4, -0.2) is 14.6 Å². The van der Waals surface area contributed by atoms with Gasteiger partial charge in [0.05, 0.1) is 0 Å². The average molecular weight is 230 g/mol. The molecule has 1 heterocycles.